The van der Waals surface area contributed by atoms with E-state index in [1.165, 1.54) is 42.0 Å². The average Bonchev–Trinajstić information content (AvgIpc) is 3.05. The summed E-state index contributed by atoms with van der Waals surface area (Å²) in [7, 11) is 0. The zero-order valence-corrected chi connectivity index (χ0v) is 17.1. The molecule has 6 heteroatoms. The lowest BCUT2D eigenvalue weighted by Gasteiger charge is -2.30. The number of nitrogens with zero attached hydrogens (tertiary/aromatic N) is 3. The number of aromatic nitrogens is 2. The first-order valence-corrected chi connectivity index (χ1v) is 10.6. The van der Waals surface area contributed by atoms with Crippen LogP contribution in [-0.4, -0.2) is 38.7 Å². The first-order chi connectivity index (χ1) is 14.7. The molecule has 30 heavy (non-hydrogen) atoms. The molecule has 1 saturated heterocycles. The van der Waals surface area contributed by atoms with Gasteiger partial charge in [-0.3, -0.25) is 14.9 Å². The van der Waals surface area contributed by atoms with Crippen molar-refractivity contribution in [2.24, 2.45) is 0 Å². The van der Waals surface area contributed by atoms with Crippen molar-refractivity contribution in [2.75, 3.05) is 13.1 Å². The van der Waals surface area contributed by atoms with E-state index >= 15 is 0 Å². The van der Waals surface area contributed by atoms with E-state index < -0.39 is 5.91 Å². The van der Waals surface area contributed by atoms with Gasteiger partial charge in [-0.05, 0) is 60.7 Å². The second-order valence-corrected chi connectivity index (χ2v) is 7.83. The van der Waals surface area contributed by atoms with E-state index in [1.54, 1.807) is 11.6 Å². The molecule has 2 N–H and O–H groups in total. The number of rotatable bonds is 6. The SMILES string of the molecule is O=C(C=Cc1ccc(C2CCCCCN2CCc2cnn3ccccc23)cc1)NO. The summed E-state index contributed by atoms with van der Waals surface area (Å²) >= 11 is 0. The van der Waals surface area contributed by atoms with Crippen LogP contribution in [0.3, 0.4) is 0 Å². The van der Waals surface area contributed by atoms with Crippen LogP contribution in [0.2, 0.25) is 0 Å². The fourth-order valence-corrected chi connectivity index (χ4v) is 4.30. The molecular formula is C24H28N4O2. The Hall–Kier alpha value is -2.96. The Bertz CT molecular complexity index is 1010. The molecule has 2 aromatic heterocycles. The van der Waals surface area contributed by atoms with Gasteiger partial charge >= 0.3 is 0 Å². The zero-order valence-electron chi connectivity index (χ0n) is 17.1. The molecule has 1 atom stereocenters. The number of hydrogen-bond donors (Lipinski definition) is 2. The highest BCUT2D eigenvalue weighted by Crippen LogP contribution is 2.30. The molecule has 0 aliphatic carbocycles. The Kier molecular flexibility index (Phi) is 6.57. The Labute approximate surface area is 176 Å². The Balaban J connectivity index is 1.47. The smallest absolute Gasteiger partial charge is 0.267 e. The number of nitrogens with one attached hydrogen (secondary N) is 1. The summed E-state index contributed by atoms with van der Waals surface area (Å²) in [6.07, 6.45) is 12.9. The lowest BCUT2D eigenvalue weighted by atomic mass is 9.99. The molecule has 1 aliphatic rings. The quantitative estimate of drug-likeness (QED) is 0.370. The highest BCUT2D eigenvalue weighted by Gasteiger charge is 2.22. The Morgan fingerprint density at radius 1 is 1.17 bits per heavy atom. The largest absolute Gasteiger partial charge is 0.296 e. The van der Waals surface area contributed by atoms with Crippen LogP contribution in [0.1, 0.15) is 48.4 Å². The normalized spacial score (nSPS) is 18.0. The first-order valence-electron chi connectivity index (χ1n) is 10.6. The summed E-state index contributed by atoms with van der Waals surface area (Å²) in [4.78, 5) is 13.8. The molecular weight excluding hydrogens is 376 g/mol. The topological polar surface area (TPSA) is 69.9 Å². The fourth-order valence-electron chi connectivity index (χ4n) is 4.30. The first kappa shape index (κ1) is 20.3. The highest BCUT2D eigenvalue weighted by atomic mass is 16.5. The van der Waals surface area contributed by atoms with E-state index in [9.17, 15) is 4.79 Å². The van der Waals surface area contributed by atoms with Crippen LogP contribution in [0.25, 0.3) is 11.6 Å². The van der Waals surface area contributed by atoms with Crippen LogP contribution in [-0.2, 0) is 11.2 Å². The van der Waals surface area contributed by atoms with Gasteiger partial charge in [0, 0.05) is 24.9 Å². The lowest BCUT2D eigenvalue weighted by Crippen LogP contribution is -2.30. The molecule has 0 saturated carbocycles. The Morgan fingerprint density at radius 2 is 2.03 bits per heavy atom. The molecule has 4 rings (SSSR count). The molecule has 156 valence electrons. The minimum Gasteiger partial charge on any atom is -0.296 e. The average molecular weight is 405 g/mol. The number of fused-ring (bicyclic) bond motifs is 1. The number of pyridine rings is 1. The molecule has 1 amide bonds. The third-order valence-corrected chi connectivity index (χ3v) is 5.90. The monoisotopic (exact) mass is 404 g/mol. The molecule has 6 nitrogen and oxygen atoms in total. The summed E-state index contributed by atoms with van der Waals surface area (Å²) < 4.78 is 1.94. The Morgan fingerprint density at radius 3 is 2.87 bits per heavy atom. The van der Waals surface area contributed by atoms with E-state index in [4.69, 9.17) is 5.21 Å². The number of hydrogen-bond acceptors (Lipinski definition) is 4. The van der Waals surface area contributed by atoms with Gasteiger partial charge < -0.3 is 0 Å². The van der Waals surface area contributed by atoms with Gasteiger partial charge in [0.25, 0.3) is 5.91 Å². The van der Waals surface area contributed by atoms with Gasteiger partial charge in [0.15, 0.2) is 0 Å². The number of amides is 1. The van der Waals surface area contributed by atoms with Crippen LogP contribution in [0, 0.1) is 0 Å². The van der Waals surface area contributed by atoms with Crippen molar-refractivity contribution < 1.29 is 10.0 Å². The molecule has 1 fully saturated rings. The van der Waals surface area contributed by atoms with E-state index in [0.29, 0.717) is 6.04 Å². The molecule has 3 heterocycles. The number of benzene rings is 1. The number of carbonyl (C=O) groups excluding carboxylic acids is 1. The highest BCUT2D eigenvalue weighted by molar-refractivity contribution is 5.90. The summed E-state index contributed by atoms with van der Waals surface area (Å²) in [5, 5.41) is 13.1. The molecule has 1 aliphatic heterocycles. The van der Waals surface area contributed by atoms with Gasteiger partial charge in [-0.15, -0.1) is 0 Å². The molecule has 3 aromatic rings. The maximum atomic E-state index is 11.2. The van der Waals surface area contributed by atoms with E-state index in [2.05, 4.69) is 34.3 Å². The van der Waals surface area contributed by atoms with Crippen molar-refractivity contribution in [3.8, 4) is 0 Å². The second kappa shape index (κ2) is 9.69. The molecule has 1 unspecified atom stereocenters. The molecule has 0 spiro atoms. The van der Waals surface area contributed by atoms with Crippen LogP contribution in [0.15, 0.2) is 60.9 Å². The summed E-state index contributed by atoms with van der Waals surface area (Å²) in [6.45, 7) is 2.13. The molecule has 0 radical (unpaired) electrons. The predicted octanol–water partition coefficient (Wildman–Crippen LogP) is 4.01. The van der Waals surface area contributed by atoms with Crippen molar-refractivity contribution in [3.05, 3.63) is 77.6 Å². The van der Waals surface area contributed by atoms with Gasteiger partial charge in [-0.25, -0.2) is 10.00 Å². The van der Waals surface area contributed by atoms with Crippen LogP contribution < -0.4 is 5.48 Å². The number of hydroxylamine groups is 1. The van der Waals surface area contributed by atoms with Crippen LogP contribution >= 0.6 is 0 Å². The third-order valence-electron chi connectivity index (χ3n) is 5.90. The van der Waals surface area contributed by atoms with Gasteiger partial charge in [-0.1, -0.05) is 43.2 Å². The van der Waals surface area contributed by atoms with Crippen LogP contribution in [0.5, 0.6) is 0 Å². The van der Waals surface area contributed by atoms with Gasteiger partial charge in [-0.2, -0.15) is 5.10 Å². The minimum atomic E-state index is -0.526. The van der Waals surface area contributed by atoms with Crippen molar-refractivity contribution in [3.63, 3.8) is 0 Å². The third kappa shape index (κ3) is 4.78. The number of likely N-dealkylation sites (tertiary alicyclic amines) is 1. The predicted molar refractivity (Wildman–Crippen MR) is 117 cm³/mol. The van der Waals surface area contributed by atoms with Crippen molar-refractivity contribution >= 4 is 17.5 Å². The standard InChI is InChI=1S/C24H28N4O2/c29-24(26-30)13-10-19-8-11-20(12-9-19)22-6-2-1-4-15-27(22)17-14-21-18-25-28-16-5-3-7-23(21)28/h3,5,7-13,16,18,22,30H,1-2,4,6,14-15,17H2,(H,26,29). The summed E-state index contributed by atoms with van der Waals surface area (Å²) in [5.74, 6) is -0.526. The van der Waals surface area contributed by atoms with Crippen molar-refractivity contribution in [1.82, 2.24) is 20.0 Å². The lowest BCUT2D eigenvalue weighted by molar-refractivity contribution is -0.124. The van der Waals surface area contributed by atoms with Crippen molar-refractivity contribution in [2.45, 2.75) is 38.1 Å². The van der Waals surface area contributed by atoms with Crippen molar-refractivity contribution in [1.29, 1.82) is 0 Å². The summed E-state index contributed by atoms with van der Waals surface area (Å²) in [5.41, 5.74) is 6.35. The van der Waals surface area contributed by atoms with Gasteiger partial charge in [0.05, 0.1) is 11.7 Å². The van der Waals surface area contributed by atoms with E-state index in [-0.39, 0.29) is 0 Å². The minimum absolute atomic E-state index is 0.410. The summed E-state index contributed by atoms with van der Waals surface area (Å²) in [6, 6.07) is 15.0. The van der Waals surface area contributed by atoms with Crippen LogP contribution in [0.4, 0.5) is 0 Å². The molecule has 0 bridgehead atoms. The van der Waals surface area contributed by atoms with E-state index in [1.807, 2.05) is 35.1 Å². The number of carbonyl (C=O) groups is 1. The molecule has 1 aromatic carbocycles. The second-order valence-electron chi connectivity index (χ2n) is 7.83. The maximum Gasteiger partial charge on any atom is 0.267 e. The fraction of sp³-hybridized carbons (Fsp3) is 0.333. The van der Waals surface area contributed by atoms with Gasteiger partial charge in [0.2, 0.25) is 0 Å². The zero-order chi connectivity index (χ0) is 20.8. The van der Waals surface area contributed by atoms with E-state index in [0.717, 1.165) is 31.5 Å². The van der Waals surface area contributed by atoms with Gasteiger partial charge in [0.1, 0.15) is 0 Å². The maximum absolute atomic E-state index is 11.2.